The van der Waals surface area contributed by atoms with E-state index in [1.54, 1.807) is 11.3 Å². The van der Waals surface area contributed by atoms with E-state index in [2.05, 4.69) is 34.1 Å². The Morgan fingerprint density at radius 2 is 2.27 bits per heavy atom. The van der Waals surface area contributed by atoms with E-state index in [1.165, 1.54) is 10.4 Å². The predicted molar refractivity (Wildman–Crippen MR) is 91.2 cm³/mol. The summed E-state index contributed by atoms with van der Waals surface area (Å²) in [4.78, 5) is 12.4. The maximum Gasteiger partial charge on any atom is 0.193 e. The summed E-state index contributed by atoms with van der Waals surface area (Å²) >= 11 is 1.74. The van der Waals surface area contributed by atoms with E-state index in [4.69, 9.17) is 4.99 Å². The van der Waals surface area contributed by atoms with Gasteiger partial charge in [0.15, 0.2) is 5.96 Å². The van der Waals surface area contributed by atoms with Gasteiger partial charge in [0.25, 0.3) is 0 Å². The van der Waals surface area contributed by atoms with Crippen molar-refractivity contribution in [3.8, 4) is 0 Å². The van der Waals surface area contributed by atoms with Gasteiger partial charge in [0, 0.05) is 63.0 Å². The lowest BCUT2D eigenvalue weighted by Crippen LogP contribution is -2.38. The maximum absolute atomic E-state index is 4.69. The van der Waals surface area contributed by atoms with Gasteiger partial charge in [-0.05, 0) is 13.8 Å². The third-order valence-electron chi connectivity index (χ3n) is 3.13. The third kappa shape index (κ3) is 4.84. The van der Waals surface area contributed by atoms with Gasteiger partial charge in [-0.2, -0.15) is 5.10 Å². The molecule has 0 atom stereocenters. The second-order valence-electron chi connectivity index (χ2n) is 5.23. The average molecular weight is 320 g/mol. The van der Waals surface area contributed by atoms with Crippen LogP contribution in [0.5, 0.6) is 0 Å². The number of hydrogen-bond donors (Lipinski definition) is 1. The molecule has 0 unspecified atom stereocenters. The summed E-state index contributed by atoms with van der Waals surface area (Å²) in [5.74, 6) is 0.916. The highest BCUT2D eigenvalue weighted by molar-refractivity contribution is 7.11. The highest BCUT2D eigenvalue weighted by Crippen LogP contribution is 2.11. The molecule has 0 aliphatic carbocycles. The summed E-state index contributed by atoms with van der Waals surface area (Å²) in [7, 11) is 3.97. The van der Waals surface area contributed by atoms with Crippen molar-refractivity contribution in [1.82, 2.24) is 25.0 Å². The van der Waals surface area contributed by atoms with Gasteiger partial charge in [0.2, 0.25) is 0 Å². The molecular formula is C15H24N6S. The second-order valence-corrected chi connectivity index (χ2v) is 6.55. The number of nitrogens with one attached hydrogen (secondary N) is 1. The van der Waals surface area contributed by atoms with Crippen molar-refractivity contribution < 1.29 is 0 Å². The van der Waals surface area contributed by atoms with E-state index in [0.29, 0.717) is 0 Å². The van der Waals surface area contributed by atoms with Crippen molar-refractivity contribution in [2.45, 2.75) is 26.8 Å². The van der Waals surface area contributed by atoms with Gasteiger partial charge in [-0.3, -0.25) is 9.67 Å². The van der Waals surface area contributed by atoms with E-state index in [0.717, 1.165) is 37.0 Å². The quantitative estimate of drug-likeness (QED) is 0.651. The van der Waals surface area contributed by atoms with Gasteiger partial charge < -0.3 is 10.2 Å². The minimum absolute atomic E-state index is 0.743. The molecule has 6 nitrogen and oxygen atoms in total. The highest BCUT2D eigenvalue weighted by atomic mass is 32.1. The molecule has 2 aromatic heterocycles. The Morgan fingerprint density at radius 3 is 2.86 bits per heavy atom. The molecular weight excluding hydrogens is 296 g/mol. The molecule has 0 radical (unpaired) electrons. The maximum atomic E-state index is 4.69. The van der Waals surface area contributed by atoms with Gasteiger partial charge >= 0.3 is 0 Å². The monoisotopic (exact) mass is 320 g/mol. The van der Waals surface area contributed by atoms with Crippen molar-refractivity contribution in [3.05, 3.63) is 34.0 Å². The Balaban J connectivity index is 1.93. The van der Waals surface area contributed by atoms with E-state index >= 15 is 0 Å². The summed E-state index contributed by atoms with van der Waals surface area (Å²) in [6.45, 7) is 6.54. The van der Waals surface area contributed by atoms with Gasteiger partial charge in [-0.25, -0.2) is 4.98 Å². The first kappa shape index (κ1) is 16.5. The SMILES string of the molecule is CCNC(=NCCc1ncc(C)s1)N(C)Cc1cnn(C)c1. The van der Waals surface area contributed by atoms with Crippen LogP contribution in [-0.4, -0.2) is 45.8 Å². The van der Waals surface area contributed by atoms with Gasteiger partial charge in [-0.1, -0.05) is 0 Å². The van der Waals surface area contributed by atoms with Crippen LogP contribution in [0.4, 0.5) is 0 Å². The summed E-state index contributed by atoms with van der Waals surface area (Å²) in [6.07, 6.45) is 6.72. The van der Waals surface area contributed by atoms with Crippen LogP contribution in [0, 0.1) is 6.92 Å². The number of aromatic nitrogens is 3. The van der Waals surface area contributed by atoms with E-state index in [9.17, 15) is 0 Å². The van der Waals surface area contributed by atoms with Crippen LogP contribution in [0.3, 0.4) is 0 Å². The Kier molecular flexibility index (Phi) is 5.94. The molecule has 0 bridgehead atoms. The number of aryl methyl sites for hydroxylation is 2. The summed E-state index contributed by atoms with van der Waals surface area (Å²) in [5.41, 5.74) is 1.17. The lowest BCUT2D eigenvalue weighted by molar-refractivity contribution is 0.477. The summed E-state index contributed by atoms with van der Waals surface area (Å²) in [6, 6.07) is 0. The van der Waals surface area contributed by atoms with E-state index in [-0.39, 0.29) is 0 Å². The number of hydrogen-bond acceptors (Lipinski definition) is 4. The van der Waals surface area contributed by atoms with Crippen molar-refractivity contribution in [3.63, 3.8) is 0 Å². The number of guanidine groups is 1. The van der Waals surface area contributed by atoms with Gasteiger partial charge in [0.1, 0.15) is 0 Å². The molecule has 0 amide bonds. The second kappa shape index (κ2) is 7.93. The number of thiazole rings is 1. The molecule has 2 rings (SSSR count). The average Bonchev–Trinajstić information content (AvgIpc) is 3.06. The van der Waals surface area contributed by atoms with Crippen LogP contribution in [0.15, 0.2) is 23.6 Å². The molecule has 0 aromatic carbocycles. The topological polar surface area (TPSA) is 58.3 Å². The largest absolute Gasteiger partial charge is 0.357 e. The fourth-order valence-corrected chi connectivity index (χ4v) is 2.92. The standard InChI is InChI=1S/C15H24N6S/c1-5-16-15(17-7-6-14-18-8-12(2)22-14)20(3)10-13-9-19-21(4)11-13/h8-9,11H,5-7,10H2,1-4H3,(H,16,17). The Morgan fingerprint density at radius 1 is 1.45 bits per heavy atom. The Labute approximate surface area is 135 Å². The smallest absolute Gasteiger partial charge is 0.193 e. The normalized spacial score (nSPS) is 11.7. The molecule has 0 aliphatic rings. The lowest BCUT2D eigenvalue weighted by atomic mass is 10.3. The van der Waals surface area contributed by atoms with Crippen LogP contribution in [0.25, 0.3) is 0 Å². The molecule has 2 aromatic rings. The van der Waals surface area contributed by atoms with Crippen molar-refractivity contribution in [1.29, 1.82) is 0 Å². The first-order chi connectivity index (χ1) is 10.6. The Hall–Kier alpha value is -1.89. The van der Waals surface area contributed by atoms with Gasteiger partial charge in [-0.15, -0.1) is 11.3 Å². The minimum Gasteiger partial charge on any atom is -0.357 e. The zero-order valence-electron chi connectivity index (χ0n) is 13.7. The molecule has 7 heteroatoms. The highest BCUT2D eigenvalue weighted by Gasteiger charge is 2.08. The first-order valence-corrected chi connectivity index (χ1v) is 8.28. The van der Waals surface area contributed by atoms with E-state index < -0.39 is 0 Å². The molecule has 1 N–H and O–H groups in total. The summed E-state index contributed by atoms with van der Waals surface area (Å²) < 4.78 is 1.82. The minimum atomic E-state index is 0.743. The lowest BCUT2D eigenvalue weighted by Gasteiger charge is -2.21. The predicted octanol–water partition coefficient (Wildman–Crippen LogP) is 1.83. The molecule has 2 heterocycles. The van der Waals surface area contributed by atoms with Crippen LogP contribution in [0.2, 0.25) is 0 Å². The first-order valence-electron chi connectivity index (χ1n) is 7.46. The zero-order chi connectivity index (χ0) is 15.9. The molecule has 22 heavy (non-hydrogen) atoms. The Bertz CT molecular complexity index is 615. The van der Waals surface area contributed by atoms with Crippen molar-refractivity contribution >= 4 is 17.3 Å². The van der Waals surface area contributed by atoms with Crippen LogP contribution in [0.1, 0.15) is 22.4 Å². The number of nitrogens with zero attached hydrogens (tertiary/aromatic N) is 5. The number of aliphatic imine (C=N–C) groups is 1. The van der Waals surface area contributed by atoms with E-state index in [1.807, 2.05) is 37.4 Å². The molecule has 0 fully saturated rings. The number of rotatable bonds is 6. The molecule has 0 saturated heterocycles. The molecule has 0 spiro atoms. The zero-order valence-corrected chi connectivity index (χ0v) is 14.5. The summed E-state index contributed by atoms with van der Waals surface area (Å²) in [5, 5.41) is 8.68. The van der Waals surface area contributed by atoms with Crippen LogP contribution < -0.4 is 5.32 Å². The van der Waals surface area contributed by atoms with Crippen LogP contribution >= 0.6 is 11.3 Å². The fraction of sp³-hybridized carbons (Fsp3) is 0.533. The molecule has 0 saturated carbocycles. The van der Waals surface area contributed by atoms with Crippen molar-refractivity contribution in [2.75, 3.05) is 20.1 Å². The van der Waals surface area contributed by atoms with Crippen LogP contribution in [-0.2, 0) is 20.0 Å². The molecule has 120 valence electrons. The fourth-order valence-electron chi connectivity index (χ4n) is 2.15. The van der Waals surface area contributed by atoms with Gasteiger partial charge in [0.05, 0.1) is 11.2 Å². The van der Waals surface area contributed by atoms with Crippen molar-refractivity contribution in [2.24, 2.45) is 12.0 Å². The molecule has 0 aliphatic heterocycles. The third-order valence-corrected chi connectivity index (χ3v) is 4.10.